The highest BCUT2D eigenvalue weighted by molar-refractivity contribution is 5.87. The molecule has 0 aliphatic carbocycles. The number of hydrogen-bond donors (Lipinski definition) is 0. The third-order valence-corrected chi connectivity index (χ3v) is 5.07. The SMILES string of the molecule is COC(=O)CN(CC(=O)OC)C(=O)C1CCN(C(=O)CCc2ccccc2)CC1. The van der Waals surface area contributed by atoms with E-state index >= 15 is 0 Å². The molecule has 1 saturated heterocycles. The average Bonchev–Trinajstić information content (AvgIpc) is 2.77. The van der Waals surface area contributed by atoms with Crippen molar-refractivity contribution in [2.45, 2.75) is 25.7 Å². The Bertz CT molecular complexity index is 695. The zero-order valence-corrected chi connectivity index (χ0v) is 17.0. The molecule has 1 fully saturated rings. The fraction of sp³-hybridized carbons (Fsp3) is 0.524. The fourth-order valence-electron chi connectivity index (χ4n) is 3.34. The molecule has 1 aromatic rings. The van der Waals surface area contributed by atoms with Crippen LogP contribution in [0, 0.1) is 5.92 Å². The molecule has 0 spiro atoms. The van der Waals surface area contributed by atoms with Crippen molar-refractivity contribution in [2.75, 3.05) is 40.4 Å². The Hall–Kier alpha value is -2.90. The van der Waals surface area contributed by atoms with Crippen LogP contribution in [0.25, 0.3) is 0 Å². The van der Waals surface area contributed by atoms with Crippen molar-refractivity contribution in [3.63, 3.8) is 0 Å². The maximum atomic E-state index is 12.8. The number of piperidine rings is 1. The molecule has 2 rings (SSSR count). The number of aryl methyl sites for hydroxylation is 1. The zero-order valence-electron chi connectivity index (χ0n) is 17.0. The van der Waals surface area contributed by atoms with E-state index in [1.165, 1.54) is 14.2 Å². The number of benzene rings is 1. The molecule has 29 heavy (non-hydrogen) atoms. The molecule has 1 aliphatic heterocycles. The van der Waals surface area contributed by atoms with E-state index < -0.39 is 11.9 Å². The lowest BCUT2D eigenvalue weighted by molar-refractivity contribution is -0.154. The third kappa shape index (κ3) is 6.89. The molecule has 0 radical (unpaired) electrons. The first kappa shape index (κ1) is 22.4. The van der Waals surface area contributed by atoms with E-state index in [2.05, 4.69) is 9.47 Å². The van der Waals surface area contributed by atoms with Gasteiger partial charge in [-0.25, -0.2) is 0 Å². The van der Waals surface area contributed by atoms with Gasteiger partial charge in [0.2, 0.25) is 11.8 Å². The lowest BCUT2D eigenvalue weighted by atomic mass is 9.94. The van der Waals surface area contributed by atoms with E-state index in [1.807, 2.05) is 30.3 Å². The van der Waals surface area contributed by atoms with Crippen LogP contribution in [0.5, 0.6) is 0 Å². The molecule has 2 amide bonds. The average molecular weight is 404 g/mol. The summed E-state index contributed by atoms with van der Waals surface area (Å²) in [6.45, 7) is 0.351. The number of likely N-dealkylation sites (tertiary alicyclic amines) is 1. The first-order valence-electron chi connectivity index (χ1n) is 9.68. The summed E-state index contributed by atoms with van der Waals surface area (Å²) in [5.41, 5.74) is 1.12. The van der Waals surface area contributed by atoms with Crippen molar-refractivity contribution in [1.82, 2.24) is 9.80 Å². The fourth-order valence-corrected chi connectivity index (χ4v) is 3.34. The largest absolute Gasteiger partial charge is 0.468 e. The summed E-state index contributed by atoms with van der Waals surface area (Å²) in [5, 5.41) is 0. The predicted molar refractivity (Wildman–Crippen MR) is 105 cm³/mol. The minimum atomic E-state index is -0.601. The van der Waals surface area contributed by atoms with E-state index in [1.54, 1.807) is 4.90 Å². The van der Waals surface area contributed by atoms with Crippen LogP contribution in [0.2, 0.25) is 0 Å². The van der Waals surface area contributed by atoms with Crippen molar-refractivity contribution < 1.29 is 28.7 Å². The Morgan fingerprint density at radius 1 is 0.966 bits per heavy atom. The number of nitrogens with zero attached hydrogens (tertiary/aromatic N) is 2. The van der Waals surface area contributed by atoms with E-state index in [4.69, 9.17) is 0 Å². The standard InChI is InChI=1S/C21H28N2O6/c1-28-19(25)14-23(15-20(26)29-2)21(27)17-10-12-22(13-11-17)18(24)9-8-16-6-4-3-5-7-16/h3-7,17H,8-15H2,1-2H3. The number of carbonyl (C=O) groups excluding carboxylic acids is 4. The molecular formula is C21H28N2O6. The summed E-state index contributed by atoms with van der Waals surface area (Å²) in [6, 6.07) is 9.83. The van der Waals surface area contributed by atoms with Gasteiger partial charge in [0.1, 0.15) is 13.1 Å². The summed E-state index contributed by atoms with van der Waals surface area (Å²) < 4.78 is 9.21. The minimum absolute atomic E-state index is 0.0701. The van der Waals surface area contributed by atoms with Gasteiger partial charge in [-0.15, -0.1) is 0 Å². The highest BCUT2D eigenvalue weighted by Gasteiger charge is 2.32. The van der Waals surface area contributed by atoms with Gasteiger partial charge in [-0.3, -0.25) is 19.2 Å². The van der Waals surface area contributed by atoms with Crippen LogP contribution in [0.4, 0.5) is 0 Å². The van der Waals surface area contributed by atoms with Crippen molar-refractivity contribution in [1.29, 1.82) is 0 Å². The summed E-state index contributed by atoms with van der Waals surface area (Å²) in [7, 11) is 2.45. The smallest absolute Gasteiger partial charge is 0.325 e. The molecule has 8 nitrogen and oxygen atoms in total. The topological polar surface area (TPSA) is 93.2 Å². The molecule has 0 atom stereocenters. The number of methoxy groups -OCH3 is 2. The van der Waals surface area contributed by atoms with Crippen molar-refractivity contribution in [2.24, 2.45) is 5.92 Å². The van der Waals surface area contributed by atoms with Gasteiger partial charge in [0.05, 0.1) is 14.2 Å². The molecule has 0 aromatic heterocycles. The van der Waals surface area contributed by atoms with Gasteiger partial charge in [0.15, 0.2) is 0 Å². The van der Waals surface area contributed by atoms with Crippen LogP contribution < -0.4 is 0 Å². The summed E-state index contributed by atoms with van der Waals surface area (Å²) in [5.74, 6) is -1.77. The summed E-state index contributed by atoms with van der Waals surface area (Å²) in [4.78, 5) is 51.4. The van der Waals surface area contributed by atoms with E-state index in [0.717, 1.165) is 10.5 Å². The van der Waals surface area contributed by atoms with Gasteiger partial charge in [0, 0.05) is 25.4 Å². The number of esters is 2. The zero-order chi connectivity index (χ0) is 21.2. The Morgan fingerprint density at radius 3 is 2.03 bits per heavy atom. The lowest BCUT2D eigenvalue weighted by Crippen LogP contribution is -2.47. The molecule has 0 saturated carbocycles. The normalized spacial score (nSPS) is 14.2. The predicted octanol–water partition coefficient (Wildman–Crippen LogP) is 1.03. The second-order valence-corrected chi connectivity index (χ2v) is 6.99. The van der Waals surface area contributed by atoms with Gasteiger partial charge < -0.3 is 19.3 Å². The molecule has 158 valence electrons. The molecule has 0 N–H and O–H groups in total. The Kier molecular flexibility index (Phi) is 8.64. The second-order valence-electron chi connectivity index (χ2n) is 6.99. The summed E-state index contributed by atoms with van der Waals surface area (Å²) in [6.07, 6.45) is 2.10. The quantitative estimate of drug-likeness (QED) is 0.601. The molecule has 0 bridgehead atoms. The highest BCUT2D eigenvalue weighted by Crippen LogP contribution is 2.21. The van der Waals surface area contributed by atoms with Crippen molar-refractivity contribution >= 4 is 23.8 Å². The van der Waals surface area contributed by atoms with E-state index in [-0.39, 0.29) is 30.8 Å². The van der Waals surface area contributed by atoms with Crippen LogP contribution in [-0.4, -0.2) is 74.0 Å². The molecule has 1 aliphatic rings. The van der Waals surface area contributed by atoms with Crippen LogP contribution in [0.1, 0.15) is 24.8 Å². The van der Waals surface area contributed by atoms with Gasteiger partial charge in [-0.1, -0.05) is 30.3 Å². The Morgan fingerprint density at radius 2 is 1.52 bits per heavy atom. The first-order chi connectivity index (χ1) is 13.9. The first-order valence-corrected chi connectivity index (χ1v) is 9.68. The van der Waals surface area contributed by atoms with Gasteiger partial charge >= 0.3 is 11.9 Å². The highest BCUT2D eigenvalue weighted by atomic mass is 16.5. The van der Waals surface area contributed by atoms with Crippen LogP contribution in [0.15, 0.2) is 30.3 Å². The lowest BCUT2D eigenvalue weighted by Gasteiger charge is -2.33. The van der Waals surface area contributed by atoms with Crippen molar-refractivity contribution in [3.8, 4) is 0 Å². The van der Waals surface area contributed by atoms with E-state index in [9.17, 15) is 19.2 Å². The summed E-state index contributed by atoms with van der Waals surface area (Å²) >= 11 is 0. The number of carbonyl (C=O) groups is 4. The van der Waals surface area contributed by atoms with Crippen molar-refractivity contribution in [3.05, 3.63) is 35.9 Å². The van der Waals surface area contributed by atoms with Crippen LogP contribution >= 0.6 is 0 Å². The van der Waals surface area contributed by atoms with E-state index in [0.29, 0.717) is 38.8 Å². The van der Waals surface area contributed by atoms with Gasteiger partial charge in [-0.2, -0.15) is 0 Å². The van der Waals surface area contributed by atoms with Gasteiger partial charge in [0.25, 0.3) is 0 Å². The molecule has 1 aromatic carbocycles. The number of amides is 2. The monoisotopic (exact) mass is 404 g/mol. The molecular weight excluding hydrogens is 376 g/mol. The van der Waals surface area contributed by atoms with Crippen LogP contribution in [-0.2, 0) is 35.1 Å². The molecule has 0 unspecified atom stereocenters. The number of ether oxygens (including phenoxy) is 2. The Balaban J connectivity index is 1.86. The number of rotatable bonds is 8. The number of hydrogen-bond acceptors (Lipinski definition) is 6. The van der Waals surface area contributed by atoms with Gasteiger partial charge in [-0.05, 0) is 24.8 Å². The van der Waals surface area contributed by atoms with Crippen LogP contribution in [0.3, 0.4) is 0 Å². The second kappa shape index (κ2) is 11.2. The maximum absolute atomic E-state index is 12.8. The molecule has 8 heteroatoms. The third-order valence-electron chi connectivity index (χ3n) is 5.07. The maximum Gasteiger partial charge on any atom is 0.325 e. The Labute approximate surface area is 170 Å². The molecule has 1 heterocycles. The minimum Gasteiger partial charge on any atom is -0.468 e.